The summed E-state index contributed by atoms with van der Waals surface area (Å²) in [5, 5.41) is 8.39. The molecular formula is C10H12N2O7S. The molecule has 0 aliphatic carbocycles. The molecular weight excluding hydrogens is 292 g/mol. The molecule has 10 heteroatoms. The van der Waals surface area contributed by atoms with Gasteiger partial charge in [0.2, 0.25) is 5.88 Å². The highest BCUT2D eigenvalue weighted by Gasteiger charge is 2.53. The molecule has 9 nitrogen and oxygen atoms in total. The van der Waals surface area contributed by atoms with Crippen molar-refractivity contribution in [3.8, 4) is 0 Å². The lowest BCUT2D eigenvalue weighted by Crippen LogP contribution is -2.65. The molecule has 1 unspecified atom stereocenters. The Morgan fingerprint density at radius 3 is 2.80 bits per heavy atom. The number of thioether (sulfide) groups is 1. The number of hydrogen-bond donors (Lipinski definition) is 2. The van der Waals surface area contributed by atoms with Gasteiger partial charge in [-0.2, -0.15) is 0 Å². The number of carbonyl (C=O) groups excluding carboxylic acids is 2. The zero-order valence-electron chi connectivity index (χ0n) is 10.4. The Bertz CT molecular complexity index is 492. The first kappa shape index (κ1) is 14.5. The third-order valence-corrected chi connectivity index (χ3v) is 4.09. The van der Waals surface area contributed by atoms with Gasteiger partial charge in [-0.15, -0.1) is 11.8 Å². The molecule has 2 heterocycles. The van der Waals surface area contributed by atoms with E-state index in [4.69, 9.17) is 15.6 Å². The Morgan fingerprint density at radius 2 is 2.25 bits per heavy atom. The molecule has 0 radical (unpaired) electrons. The van der Waals surface area contributed by atoms with Crippen molar-refractivity contribution in [2.24, 2.45) is 5.73 Å². The fraction of sp³-hybridized carbons (Fsp3) is 0.500. The summed E-state index contributed by atoms with van der Waals surface area (Å²) >= 11 is 1.36. The van der Waals surface area contributed by atoms with Crippen molar-refractivity contribution in [2.75, 3.05) is 19.5 Å². The first-order chi connectivity index (χ1) is 9.45. The number of nitrogens with zero attached hydrogens (tertiary/aromatic N) is 1. The normalized spacial score (nSPS) is 24.9. The fourth-order valence-electron chi connectivity index (χ4n) is 1.92. The first-order valence-corrected chi connectivity index (χ1v) is 6.53. The van der Waals surface area contributed by atoms with Crippen molar-refractivity contribution < 1.29 is 33.7 Å². The van der Waals surface area contributed by atoms with Crippen LogP contribution < -0.4 is 5.73 Å². The number of β-lactam (4-membered cyclic amide) rings is 1. The number of nitrogens with two attached hydrogens (primary N) is 1. The van der Waals surface area contributed by atoms with Crippen LogP contribution in [-0.2, 0) is 19.0 Å². The first-order valence-electron chi connectivity index (χ1n) is 5.48. The van der Waals surface area contributed by atoms with E-state index in [1.807, 2.05) is 0 Å². The van der Waals surface area contributed by atoms with Crippen LogP contribution in [0.15, 0.2) is 11.5 Å². The molecule has 2 amide bonds. The second kappa shape index (κ2) is 5.59. The van der Waals surface area contributed by atoms with E-state index in [1.165, 1.54) is 23.8 Å². The number of carbonyl (C=O) groups is 3. The predicted octanol–water partition coefficient (Wildman–Crippen LogP) is -0.0820. The summed E-state index contributed by atoms with van der Waals surface area (Å²) in [4.78, 5) is 34.4. The average Bonchev–Trinajstić information content (AvgIpc) is 2.36. The van der Waals surface area contributed by atoms with Gasteiger partial charge in [-0.25, -0.2) is 9.59 Å². The van der Waals surface area contributed by atoms with Gasteiger partial charge in [0.05, 0.1) is 0 Å². The fourth-order valence-corrected chi connectivity index (χ4v) is 3.25. The van der Waals surface area contributed by atoms with E-state index in [0.29, 0.717) is 11.3 Å². The van der Waals surface area contributed by atoms with Gasteiger partial charge < -0.3 is 25.1 Å². The lowest BCUT2D eigenvalue weighted by atomic mass is 10.1. The predicted molar refractivity (Wildman–Crippen MR) is 65.6 cm³/mol. The molecule has 0 aromatic heterocycles. The van der Waals surface area contributed by atoms with E-state index < -0.39 is 24.3 Å². The van der Waals surface area contributed by atoms with Gasteiger partial charge in [0, 0.05) is 18.4 Å². The number of primary amides is 1. The molecule has 2 rings (SSSR count). The molecule has 2 aliphatic rings. The molecule has 20 heavy (non-hydrogen) atoms. The third-order valence-electron chi connectivity index (χ3n) is 2.77. The number of ether oxygens (including phenoxy) is 3. The van der Waals surface area contributed by atoms with Gasteiger partial charge in [0.15, 0.2) is 6.10 Å². The Labute approximate surface area is 117 Å². The van der Waals surface area contributed by atoms with Crippen molar-refractivity contribution >= 4 is 29.9 Å². The quantitative estimate of drug-likeness (QED) is 0.545. The van der Waals surface area contributed by atoms with E-state index in [0.717, 1.165) is 0 Å². The monoisotopic (exact) mass is 304 g/mol. The molecule has 110 valence electrons. The Hall–Kier alpha value is -1.94. The van der Waals surface area contributed by atoms with Gasteiger partial charge in [0.1, 0.15) is 12.0 Å². The number of hydrogen-bond acceptors (Lipinski definition) is 7. The van der Waals surface area contributed by atoms with Crippen LogP contribution in [0.3, 0.4) is 0 Å². The van der Waals surface area contributed by atoms with Crippen LogP contribution >= 0.6 is 11.8 Å². The second-order valence-electron chi connectivity index (χ2n) is 3.95. The molecule has 0 aromatic rings. The van der Waals surface area contributed by atoms with Crippen LogP contribution in [-0.4, -0.2) is 59.1 Å². The highest BCUT2D eigenvalue weighted by atomic mass is 32.2. The highest BCUT2D eigenvalue weighted by molar-refractivity contribution is 8.00. The topological polar surface area (TPSA) is 128 Å². The molecule has 2 atom stereocenters. The summed E-state index contributed by atoms with van der Waals surface area (Å²) in [7, 11) is 1.40. The lowest BCUT2D eigenvalue weighted by molar-refractivity contribution is -0.162. The molecule has 0 bridgehead atoms. The minimum Gasteiger partial charge on any atom is -0.449 e. The smallest absolute Gasteiger partial charge is 0.449 e. The van der Waals surface area contributed by atoms with Gasteiger partial charge in [-0.05, 0) is 0 Å². The van der Waals surface area contributed by atoms with E-state index in [2.05, 4.69) is 9.47 Å². The maximum absolute atomic E-state index is 11.9. The van der Waals surface area contributed by atoms with Gasteiger partial charge in [0.25, 0.3) is 5.91 Å². The van der Waals surface area contributed by atoms with Crippen LogP contribution in [0.1, 0.15) is 0 Å². The summed E-state index contributed by atoms with van der Waals surface area (Å²) in [6, 6.07) is 0. The second-order valence-corrected chi connectivity index (χ2v) is 5.06. The van der Waals surface area contributed by atoms with Crippen molar-refractivity contribution in [3.05, 3.63) is 11.5 Å². The van der Waals surface area contributed by atoms with E-state index in [9.17, 15) is 14.4 Å². The number of carboxylic acid groups (broad SMARTS) is 1. The van der Waals surface area contributed by atoms with Crippen LogP contribution in [0.4, 0.5) is 9.59 Å². The Balaban J connectivity index is 2.22. The van der Waals surface area contributed by atoms with Crippen LogP contribution in [0.2, 0.25) is 0 Å². The zero-order valence-corrected chi connectivity index (χ0v) is 11.2. The summed E-state index contributed by atoms with van der Waals surface area (Å²) in [6.45, 7) is -0.237. The van der Waals surface area contributed by atoms with Gasteiger partial charge >= 0.3 is 12.2 Å². The number of amides is 2. The Kier molecular flexibility index (Phi) is 4.04. The zero-order chi connectivity index (χ0) is 14.9. The molecule has 0 saturated carbocycles. The maximum Gasteiger partial charge on any atom is 0.512 e. The van der Waals surface area contributed by atoms with E-state index >= 15 is 0 Å². The van der Waals surface area contributed by atoms with Gasteiger partial charge in [-0.3, -0.25) is 9.69 Å². The standard InChI is InChI=1S/C10H12N2O7S/c1-17-5-6(13)12-7(19-10(15)16)4(2-18-9(11)14)3-20-8(5)12/h5,8H,2-3H2,1H3,(H2,11,14)(H,15,16)/t5?,8-/m1/s1. The van der Waals surface area contributed by atoms with Crippen molar-refractivity contribution in [3.63, 3.8) is 0 Å². The molecule has 2 aliphatic heterocycles. The molecule has 0 aromatic carbocycles. The SMILES string of the molecule is COC1C(=O)N2C(OC(=O)O)=C(COC(N)=O)CS[C@H]12. The van der Waals surface area contributed by atoms with Crippen LogP contribution in [0.25, 0.3) is 0 Å². The van der Waals surface area contributed by atoms with Crippen LogP contribution in [0.5, 0.6) is 0 Å². The molecule has 1 fully saturated rings. The molecule has 0 spiro atoms. The molecule has 1 saturated heterocycles. The number of methoxy groups -OCH3 is 1. The molecule has 3 N–H and O–H groups in total. The summed E-state index contributed by atoms with van der Waals surface area (Å²) in [5.74, 6) is -0.206. The number of fused-ring (bicyclic) bond motifs is 1. The van der Waals surface area contributed by atoms with Gasteiger partial charge in [-0.1, -0.05) is 0 Å². The van der Waals surface area contributed by atoms with Crippen molar-refractivity contribution in [1.29, 1.82) is 0 Å². The van der Waals surface area contributed by atoms with E-state index in [1.54, 1.807) is 0 Å². The maximum atomic E-state index is 11.9. The number of rotatable bonds is 4. The summed E-state index contributed by atoms with van der Waals surface area (Å²) in [5.41, 5.74) is 5.21. The third kappa shape index (κ3) is 2.51. The van der Waals surface area contributed by atoms with Crippen molar-refractivity contribution in [2.45, 2.75) is 11.5 Å². The summed E-state index contributed by atoms with van der Waals surface area (Å²) in [6.07, 6.45) is -3.19. The van der Waals surface area contributed by atoms with Crippen LogP contribution in [0, 0.1) is 0 Å². The largest absolute Gasteiger partial charge is 0.512 e. The summed E-state index contributed by atoms with van der Waals surface area (Å²) < 4.78 is 14.3. The highest BCUT2D eigenvalue weighted by Crippen LogP contribution is 2.41. The minimum atomic E-state index is -1.56. The average molecular weight is 304 g/mol. The minimum absolute atomic E-state index is 0.138. The lowest BCUT2D eigenvalue weighted by Gasteiger charge is -2.48. The Morgan fingerprint density at radius 1 is 1.55 bits per heavy atom. The van der Waals surface area contributed by atoms with E-state index in [-0.39, 0.29) is 17.9 Å². The van der Waals surface area contributed by atoms with Crippen molar-refractivity contribution in [1.82, 2.24) is 4.90 Å².